The highest BCUT2D eigenvalue weighted by Gasteiger charge is 2.25. The molecule has 0 saturated heterocycles. The third-order valence-electron chi connectivity index (χ3n) is 3.34. The van der Waals surface area contributed by atoms with E-state index in [1.165, 1.54) is 18.2 Å². The predicted octanol–water partition coefficient (Wildman–Crippen LogP) is 1.96. The summed E-state index contributed by atoms with van der Waals surface area (Å²) in [5, 5.41) is 0. The van der Waals surface area contributed by atoms with Crippen LogP contribution in [0.15, 0.2) is 46.6 Å². The molecule has 0 saturated carbocycles. The van der Waals surface area contributed by atoms with Crippen molar-refractivity contribution in [3.8, 4) is 0 Å². The van der Waals surface area contributed by atoms with Crippen LogP contribution in [0.2, 0.25) is 0 Å². The standard InChI is InChI=1S/C20H24O8/c1-5-25-17(21)13-9-10-15(19(23)27-7-3)16(20(24)28-8-4)12-14(11-13)18(22)26-6-2/h9-12H,5-8H2,1-4H3/b10-9-,13-9?,13-11+,14-11?,14-12+,15-10?,16-12?,16-15-. The maximum atomic E-state index is 12.4. The minimum atomic E-state index is -0.815. The van der Waals surface area contributed by atoms with Crippen LogP contribution >= 0.6 is 0 Å². The van der Waals surface area contributed by atoms with Crippen LogP contribution in [0.25, 0.3) is 0 Å². The van der Waals surface area contributed by atoms with E-state index in [9.17, 15) is 19.2 Å². The Morgan fingerprint density at radius 2 is 1.00 bits per heavy atom. The van der Waals surface area contributed by atoms with Gasteiger partial charge in [-0.15, -0.1) is 0 Å². The smallest absolute Gasteiger partial charge is 0.339 e. The zero-order chi connectivity index (χ0) is 21.1. The quantitative estimate of drug-likeness (QED) is 0.456. The Balaban J connectivity index is 3.63. The van der Waals surface area contributed by atoms with E-state index in [1.54, 1.807) is 27.7 Å². The monoisotopic (exact) mass is 392 g/mol. The zero-order valence-electron chi connectivity index (χ0n) is 16.4. The first-order valence-electron chi connectivity index (χ1n) is 8.93. The van der Waals surface area contributed by atoms with Crippen molar-refractivity contribution in [3.05, 3.63) is 46.6 Å². The van der Waals surface area contributed by atoms with Gasteiger partial charge in [-0.05, 0) is 52.0 Å². The van der Waals surface area contributed by atoms with Crippen molar-refractivity contribution < 1.29 is 38.1 Å². The van der Waals surface area contributed by atoms with Gasteiger partial charge in [0.1, 0.15) is 0 Å². The van der Waals surface area contributed by atoms with E-state index in [2.05, 4.69) is 0 Å². The van der Waals surface area contributed by atoms with E-state index < -0.39 is 23.9 Å². The highest BCUT2D eigenvalue weighted by molar-refractivity contribution is 6.07. The summed E-state index contributed by atoms with van der Waals surface area (Å²) in [6, 6.07) is 0. The Hall–Kier alpha value is -3.16. The molecular formula is C20H24O8. The molecule has 0 heterocycles. The molecule has 0 aromatic carbocycles. The average molecular weight is 392 g/mol. The van der Waals surface area contributed by atoms with Crippen LogP contribution in [0.3, 0.4) is 0 Å². The van der Waals surface area contributed by atoms with Crippen molar-refractivity contribution in [1.29, 1.82) is 0 Å². The summed E-state index contributed by atoms with van der Waals surface area (Å²) in [6.07, 6.45) is 4.90. The first kappa shape index (κ1) is 22.9. The van der Waals surface area contributed by atoms with Gasteiger partial charge in [-0.3, -0.25) is 0 Å². The fourth-order valence-corrected chi connectivity index (χ4v) is 2.19. The number of hydrogen-bond donors (Lipinski definition) is 0. The molecule has 0 unspecified atom stereocenters. The van der Waals surface area contributed by atoms with Crippen molar-refractivity contribution in [2.75, 3.05) is 26.4 Å². The Morgan fingerprint density at radius 1 is 0.571 bits per heavy atom. The summed E-state index contributed by atoms with van der Waals surface area (Å²) in [6.45, 7) is 6.80. The van der Waals surface area contributed by atoms with Gasteiger partial charge < -0.3 is 18.9 Å². The summed E-state index contributed by atoms with van der Waals surface area (Å²) in [7, 11) is 0. The molecule has 0 fully saturated rings. The molecule has 0 aromatic heterocycles. The van der Waals surface area contributed by atoms with Crippen LogP contribution in [0.5, 0.6) is 0 Å². The van der Waals surface area contributed by atoms with Crippen molar-refractivity contribution in [2.24, 2.45) is 0 Å². The first-order chi connectivity index (χ1) is 13.4. The third-order valence-corrected chi connectivity index (χ3v) is 3.34. The van der Waals surface area contributed by atoms with Crippen molar-refractivity contribution >= 4 is 23.9 Å². The second kappa shape index (κ2) is 11.5. The summed E-state index contributed by atoms with van der Waals surface area (Å²) in [5.74, 6) is -3.09. The minimum absolute atomic E-state index is 0.00543. The molecule has 0 radical (unpaired) electrons. The van der Waals surface area contributed by atoms with E-state index in [-0.39, 0.29) is 48.7 Å². The molecule has 8 nitrogen and oxygen atoms in total. The average Bonchev–Trinajstić information content (AvgIpc) is 2.62. The lowest BCUT2D eigenvalue weighted by Gasteiger charge is -2.13. The highest BCUT2D eigenvalue weighted by Crippen LogP contribution is 2.21. The van der Waals surface area contributed by atoms with Crippen LogP contribution in [0.4, 0.5) is 0 Å². The molecule has 1 rings (SSSR count). The predicted molar refractivity (Wildman–Crippen MR) is 98.9 cm³/mol. The van der Waals surface area contributed by atoms with Gasteiger partial charge in [0.15, 0.2) is 0 Å². The largest absolute Gasteiger partial charge is 0.462 e. The second-order valence-corrected chi connectivity index (χ2v) is 5.24. The maximum Gasteiger partial charge on any atom is 0.339 e. The molecule has 0 spiro atoms. The molecule has 0 atom stereocenters. The SMILES string of the molecule is CCOC(=O)C1=C(C(=O)OCC)/C=C(C(=O)OCC)\C=C(C(=O)OCC)/C=C\1. The van der Waals surface area contributed by atoms with Crippen LogP contribution in [-0.4, -0.2) is 50.3 Å². The van der Waals surface area contributed by atoms with Gasteiger partial charge in [0.25, 0.3) is 0 Å². The lowest BCUT2D eigenvalue weighted by Crippen LogP contribution is -2.18. The summed E-state index contributed by atoms with van der Waals surface area (Å²) >= 11 is 0. The van der Waals surface area contributed by atoms with E-state index in [1.807, 2.05) is 0 Å². The topological polar surface area (TPSA) is 105 Å². The number of carbonyl (C=O) groups is 4. The van der Waals surface area contributed by atoms with E-state index in [4.69, 9.17) is 18.9 Å². The van der Waals surface area contributed by atoms with Gasteiger partial charge in [-0.1, -0.05) is 0 Å². The zero-order valence-corrected chi connectivity index (χ0v) is 16.4. The van der Waals surface area contributed by atoms with E-state index >= 15 is 0 Å². The Kier molecular flexibility index (Phi) is 9.42. The van der Waals surface area contributed by atoms with Crippen molar-refractivity contribution in [3.63, 3.8) is 0 Å². The lowest BCUT2D eigenvalue weighted by atomic mass is 9.98. The minimum Gasteiger partial charge on any atom is -0.462 e. The summed E-state index contributed by atoms with van der Waals surface area (Å²) in [4.78, 5) is 49.2. The normalized spacial score (nSPS) is 21.0. The number of esters is 4. The fraction of sp³-hybridized carbons (Fsp3) is 0.400. The van der Waals surface area contributed by atoms with Gasteiger partial charge in [0.05, 0.1) is 48.7 Å². The van der Waals surface area contributed by atoms with E-state index in [0.717, 1.165) is 6.08 Å². The van der Waals surface area contributed by atoms with Gasteiger partial charge in [0, 0.05) is 0 Å². The van der Waals surface area contributed by atoms with Gasteiger partial charge in [-0.25, -0.2) is 19.2 Å². The molecule has 1 aliphatic carbocycles. The molecule has 152 valence electrons. The Bertz CT molecular complexity index is 752. The second-order valence-electron chi connectivity index (χ2n) is 5.24. The number of hydrogen-bond acceptors (Lipinski definition) is 8. The van der Waals surface area contributed by atoms with Crippen molar-refractivity contribution in [1.82, 2.24) is 0 Å². The van der Waals surface area contributed by atoms with E-state index in [0.29, 0.717) is 0 Å². The van der Waals surface area contributed by atoms with Crippen LogP contribution < -0.4 is 0 Å². The van der Waals surface area contributed by atoms with Gasteiger partial charge in [-0.2, -0.15) is 0 Å². The van der Waals surface area contributed by atoms with Crippen LogP contribution in [0, 0.1) is 0 Å². The van der Waals surface area contributed by atoms with Gasteiger partial charge in [0.2, 0.25) is 0 Å². The molecule has 0 N–H and O–H groups in total. The third kappa shape index (κ3) is 6.22. The Labute approximate surface area is 163 Å². The lowest BCUT2D eigenvalue weighted by molar-refractivity contribution is -0.141. The molecule has 8 heteroatoms. The number of carbonyl (C=O) groups excluding carboxylic acids is 4. The fourth-order valence-electron chi connectivity index (χ4n) is 2.19. The molecule has 0 bridgehead atoms. The molecule has 0 amide bonds. The summed E-state index contributed by atoms with van der Waals surface area (Å²) in [5.41, 5.74) is -0.444. The van der Waals surface area contributed by atoms with Gasteiger partial charge >= 0.3 is 23.9 Å². The summed E-state index contributed by atoms with van der Waals surface area (Å²) < 4.78 is 19.9. The molecule has 28 heavy (non-hydrogen) atoms. The Morgan fingerprint density at radius 3 is 1.50 bits per heavy atom. The maximum absolute atomic E-state index is 12.4. The van der Waals surface area contributed by atoms with Crippen LogP contribution in [0.1, 0.15) is 27.7 Å². The number of ether oxygens (including phenoxy) is 4. The number of rotatable bonds is 8. The molecule has 1 aliphatic rings. The molecule has 0 aliphatic heterocycles. The van der Waals surface area contributed by atoms with Crippen molar-refractivity contribution in [2.45, 2.75) is 27.7 Å². The van der Waals surface area contributed by atoms with Crippen LogP contribution in [-0.2, 0) is 38.1 Å². The molecular weight excluding hydrogens is 368 g/mol. The molecule has 0 aromatic rings. The first-order valence-corrected chi connectivity index (χ1v) is 8.93. The highest BCUT2D eigenvalue weighted by atomic mass is 16.5.